The van der Waals surface area contributed by atoms with Crippen molar-refractivity contribution in [3.63, 3.8) is 0 Å². The zero-order valence-electron chi connectivity index (χ0n) is 16.8. The van der Waals surface area contributed by atoms with E-state index in [0.717, 1.165) is 33.6 Å². The van der Waals surface area contributed by atoms with Gasteiger partial charge in [-0.25, -0.2) is 0 Å². The molecular formula is C24H23N5O. The number of aromatic nitrogens is 2. The third kappa shape index (κ3) is 2.46. The van der Waals surface area contributed by atoms with Gasteiger partial charge in [0.15, 0.2) is 0 Å². The van der Waals surface area contributed by atoms with Gasteiger partial charge in [0.05, 0.1) is 28.2 Å². The average molecular weight is 397 g/mol. The van der Waals surface area contributed by atoms with E-state index in [1.807, 2.05) is 19.1 Å². The largest absolute Gasteiger partial charge is 0.366 e. The molecule has 1 aliphatic carbocycles. The molecule has 3 atom stereocenters. The molecular weight excluding hydrogens is 374 g/mol. The molecule has 4 heterocycles. The summed E-state index contributed by atoms with van der Waals surface area (Å²) in [4.78, 5) is 23.8. The van der Waals surface area contributed by atoms with E-state index in [4.69, 9.17) is 10.7 Å². The van der Waals surface area contributed by atoms with E-state index in [1.165, 1.54) is 25.0 Å². The molecule has 0 radical (unpaired) electrons. The van der Waals surface area contributed by atoms with E-state index in [0.29, 0.717) is 23.7 Å². The number of carbonyl (C=O) groups is 1. The molecule has 2 aromatic heterocycles. The average Bonchev–Trinajstić information content (AvgIpc) is 3.45. The van der Waals surface area contributed by atoms with Crippen LogP contribution in [0.4, 0.5) is 0 Å². The summed E-state index contributed by atoms with van der Waals surface area (Å²) in [6.07, 6.45) is 5.68. The predicted octanol–water partition coefficient (Wildman–Crippen LogP) is 3.28. The number of hydrogen-bond donors (Lipinski definition) is 2. The number of hydrogen-bond acceptors (Lipinski definition) is 5. The minimum Gasteiger partial charge on any atom is -0.366 e. The number of rotatable bonds is 3. The van der Waals surface area contributed by atoms with Crippen molar-refractivity contribution in [2.45, 2.75) is 38.4 Å². The molecule has 3 aliphatic rings. The number of aryl methyl sites for hydroxylation is 1. The Hall–Kier alpha value is -3.41. The highest BCUT2D eigenvalue weighted by molar-refractivity contribution is 6.06. The summed E-state index contributed by atoms with van der Waals surface area (Å²) in [6.45, 7) is 2.02. The number of nitrogens with two attached hydrogens (primary N) is 1. The maximum Gasteiger partial charge on any atom is 0.249 e. The van der Waals surface area contributed by atoms with E-state index in [9.17, 15) is 4.79 Å². The first-order valence-corrected chi connectivity index (χ1v) is 10.5. The highest BCUT2D eigenvalue weighted by atomic mass is 16.1. The van der Waals surface area contributed by atoms with Crippen LogP contribution in [0.5, 0.6) is 0 Å². The quantitative estimate of drug-likeness (QED) is 0.709. The van der Waals surface area contributed by atoms with Gasteiger partial charge in [0.25, 0.3) is 0 Å². The van der Waals surface area contributed by atoms with Crippen molar-refractivity contribution in [2.75, 3.05) is 0 Å². The first-order valence-electron chi connectivity index (χ1n) is 10.5. The molecule has 6 rings (SSSR count). The fourth-order valence-corrected chi connectivity index (χ4v) is 5.52. The molecule has 30 heavy (non-hydrogen) atoms. The highest BCUT2D eigenvalue weighted by Gasteiger charge is 2.51. The maximum absolute atomic E-state index is 12.0. The number of nitrogens with zero attached hydrogens (tertiary/aromatic N) is 3. The fraction of sp³-hybridized carbons (Fsp3) is 0.292. The van der Waals surface area contributed by atoms with Gasteiger partial charge in [-0.2, -0.15) is 0 Å². The molecule has 3 N–H and O–H groups in total. The minimum absolute atomic E-state index is 0.316. The number of fused-ring (bicyclic) bond motifs is 6. The fourth-order valence-electron chi connectivity index (χ4n) is 5.52. The highest BCUT2D eigenvalue weighted by Crippen LogP contribution is 2.50. The summed E-state index contributed by atoms with van der Waals surface area (Å²) in [5, 5.41) is 4.59. The van der Waals surface area contributed by atoms with Gasteiger partial charge < -0.3 is 16.0 Å². The Bertz CT molecular complexity index is 1230. The lowest BCUT2D eigenvalue weighted by molar-refractivity contribution is 0.100. The lowest BCUT2D eigenvalue weighted by Crippen LogP contribution is -2.41. The molecule has 1 aromatic carbocycles. The van der Waals surface area contributed by atoms with E-state index in [1.54, 1.807) is 12.3 Å². The topological polar surface area (TPSA) is 84.1 Å². The van der Waals surface area contributed by atoms with Gasteiger partial charge in [-0.05, 0) is 62.4 Å². The summed E-state index contributed by atoms with van der Waals surface area (Å²) in [5.41, 5.74) is 12.2. The third-order valence-electron chi connectivity index (χ3n) is 6.80. The monoisotopic (exact) mass is 397 g/mol. The van der Waals surface area contributed by atoms with Crippen molar-refractivity contribution in [3.05, 3.63) is 71.2 Å². The van der Waals surface area contributed by atoms with Gasteiger partial charge in [0.1, 0.15) is 6.17 Å². The van der Waals surface area contributed by atoms with Gasteiger partial charge in [0, 0.05) is 28.9 Å². The summed E-state index contributed by atoms with van der Waals surface area (Å²) < 4.78 is 0. The van der Waals surface area contributed by atoms with Crippen LogP contribution in [0.15, 0.2) is 48.7 Å². The van der Waals surface area contributed by atoms with Gasteiger partial charge in [-0.15, -0.1) is 0 Å². The van der Waals surface area contributed by atoms with Crippen LogP contribution >= 0.6 is 0 Å². The molecule has 0 spiro atoms. The van der Waals surface area contributed by atoms with Crippen molar-refractivity contribution >= 4 is 28.2 Å². The molecule has 2 aliphatic heterocycles. The predicted molar refractivity (Wildman–Crippen MR) is 116 cm³/mol. The first kappa shape index (κ1) is 17.4. The van der Waals surface area contributed by atoms with Crippen LogP contribution in [0.1, 0.15) is 46.6 Å². The molecule has 6 heteroatoms. The van der Waals surface area contributed by atoms with Crippen LogP contribution in [0.2, 0.25) is 0 Å². The number of carbonyl (C=O) groups excluding carboxylic acids is 1. The number of pyridine rings is 2. The zero-order chi connectivity index (χ0) is 20.4. The number of amides is 1. The van der Waals surface area contributed by atoms with Gasteiger partial charge in [-0.3, -0.25) is 14.8 Å². The first-order chi connectivity index (χ1) is 14.6. The van der Waals surface area contributed by atoms with Gasteiger partial charge >= 0.3 is 0 Å². The van der Waals surface area contributed by atoms with Crippen molar-refractivity contribution in [3.8, 4) is 0 Å². The molecule has 6 nitrogen and oxygen atoms in total. The molecule has 3 aromatic rings. The number of benzene rings is 1. The Morgan fingerprint density at radius 3 is 2.93 bits per heavy atom. The van der Waals surface area contributed by atoms with Crippen molar-refractivity contribution in [2.24, 2.45) is 11.7 Å². The van der Waals surface area contributed by atoms with Gasteiger partial charge in [0.2, 0.25) is 5.91 Å². The summed E-state index contributed by atoms with van der Waals surface area (Å²) in [7, 11) is 0. The molecule has 1 saturated heterocycles. The summed E-state index contributed by atoms with van der Waals surface area (Å²) in [6, 6.07) is 14.5. The van der Waals surface area contributed by atoms with Crippen molar-refractivity contribution in [1.82, 2.24) is 20.2 Å². The molecule has 1 unspecified atom stereocenters. The number of nitrogens with one attached hydrogen (secondary N) is 1. The lowest BCUT2D eigenvalue weighted by atomic mass is 10.0. The molecule has 150 valence electrons. The van der Waals surface area contributed by atoms with Crippen LogP contribution in [-0.2, 0) is 0 Å². The van der Waals surface area contributed by atoms with Crippen molar-refractivity contribution in [1.29, 1.82) is 0 Å². The normalized spacial score (nSPS) is 24.4. The zero-order valence-corrected chi connectivity index (χ0v) is 16.8. The Morgan fingerprint density at radius 1 is 1.20 bits per heavy atom. The Morgan fingerprint density at radius 2 is 2.10 bits per heavy atom. The van der Waals surface area contributed by atoms with Crippen LogP contribution in [0.3, 0.4) is 0 Å². The summed E-state index contributed by atoms with van der Waals surface area (Å²) >= 11 is 0. The second kappa shape index (κ2) is 6.29. The lowest BCUT2D eigenvalue weighted by Gasteiger charge is -2.33. The van der Waals surface area contributed by atoms with E-state index >= 15 is 0 Å². The molecule has 1 saturated carbocycles. The van der Waals surface area contributed by atoms with Crippen LogP contribution in [-0.4, -0.2) is 33.0 Å². The third-order valence-corrected chi connectivity index (χ3v) is 6.80. The SMILES string of the molecule is Cc1cccc(C2=C(c3ccc4nccc(C(N)=O)c4c3)N3C(N2)[C@@H]2CC[C@@H]3C2)n1. The smallest absolute Gasteiger partial charge is 0.249 e. The minimum atomic E-state index is -0.434. The maximum atomic E-state index is 12.0. The van der Waals surface area contributed by atoms with E-state index in [-0.39, 0.29) is 0 Å². The molecule has 2 bridgehead atoms. The number of piperidine rings is 1. The van der Waals surface area contributed by atoms with Crippen molar-refractivity contribution < 1.29 is 4.79 Å². The Balaban J connectivity index is 1.58. The van der Waals surface area contributed by atoms with Gasteiger partial charge in [-0.1, -0.05) is 12.1 Å². The second-order valence-corrected chi connectivity index (χ2v) is 8.57. The Kier molecular flexibility index (Phi) is 3.66. The van der Waals surface area contributed by atoms with E-state index in [2.05, 4.69) is 39.5 Å². The Labute approximate surface area is 174 Å². The van der Waals surface area contributed by atoms with Crippen LogP contribution in [0, 0.1) is 12.8 Å². The van der Waals surface area contributed by atoms with E-state index < -0.39 is 5.91 Å². The molecule has 2 fully saturated rings. The number of primary amides is 1. The second-order valence-electron chi connectivity index (χ2n) is 8.57. The standard InChI is InChI=1S/C24H23N5O/c1-13-3-2-4-20(27-13)21-22(29-16-7-5-15(11-16)24(29)28-21)14-6-8-19-18(12-14)17(23(25)30)9-10-26-19/h2-4,6,8-10,12,15-16,24,28H,5,7,11H2,1H3,(H2,25,30)/t15-,16-,24?/m1/s1. The molecule has 1 amide bonds. The summed E-state index contributed by atoms with van der Waals surface area (Å²) in [5.74, 6) is 0.229. The van der Waals surface area contributed by atoms with Crippen LogP contribution in [0.25, 0.3) is 22.3 Å². The van der Waals surface area contributed by atoms with Crippen LogP contribution < -0.4 is 11.1 Å².